The van der Waals surface area contributed by atoms with E-state index >= 15 is 0 Å². The van der Waals surface area contributed by atoms with Gasteiger partial charge in [0.25, 0.3) is 0 Å². The first-order valence-electron chi connectivity index (χ1n) is 6.04. The van der Waals surface area contributed by atoms with Crippen LogP contribution in [0.25, 0.3) is 0 Å². The van der Waals surface area contributed by atoms with Crippen molar-refractivity contribution >= 4 is 38.5 Å². The molecule has 0 amide bonds. The van der Waals surface area contributed by atoms with Crippen LogP contribution >= 0.6 is 22.6 Å². The molecule has 0 aliphatic carbocycles. The highest BCUT2D eigenvalue weighted by atomic mass is 127. The third-order valence-corrected chi connectivity index (χ3v) is 5.02. The zero-order valence-electron chi connectivity index (χ0n) is 10.6. The third kappa shape index (κ3) is 4.03. The van der Waals surface area contributed by atoms with E-state index in [0.717, 1.165) is 41.0 Å². The Balaban J connectivity index is 2.35. The first-order valence-corrected chi connectivity index (χ1v) is 8.67. The van der Waals surface area contributed by atoms with E-state index in [4.69, 9.17) is 0 Å². The van der Waals surface area contributed by atoms with Crippen molar-refractivity contribution in [2.24, 2.45) is 0 Å². The van der Waals surface area contributed by atoms with Crippen LogP contribution in [0.2, 0.25) is 0 Å². The van der Waals surface area contributed by atoms with E-state index in [2.05, 4.69) is 32.8 Å². The molecule has 0 radical (unpaired) electrons. The molecule has 1 aliphatic rings. The van der Waals surface area contributed by atoms with Crippen LogP contribution in [0.15, 0.2) is 12.1 Å². The van der Waals surface area contributed by atoms with Crippen molar-refractivity contribution in [1.29, 1.82) is 0 Å². The highest BCUT2D eigenvalue weighted by Crippen LogP contribution is 2.26. The van der Waals surface area contributed by atoms with Gasteiger partial charge in [-0.05, 0) is 52.8 Å². The first kappa shape index (κ1) is 15.0. The molecule has 106 valence electrons. The predicted molar refractivity (Wildman–Crippen MR) is 82.7 cm³/mol. The minimum Gasteiger partial charge on any atom is -0.369 e. The molecule has 0 unspecified atom stereocenters. The van der Waals surface area contributed by atoms with Gasteiger partial charge in [-0.3, -0.25) is 0 Å². The van der Waals surface area contributed by atoms with Crippen LogP contribution in [-0.4, -0.2) is 34.6 Å². The lowest BCUT2D eigenvalue weighted by Crippen LogP contribution is -2.43. The first-order chi connectivity index (χ1) is 8.87. The molecule has 1 saturated heterocycles. The number of rotatable bonds is 3. The summed E-state index contributed by atoms with van der Waals surface area (Å²) in [6.07, 6.45) is 0. The van der Waals surface area contributed by atoms with Crippen LogP contribution in [0.5, 0.6) is 0 Å². The maximum atomic E-state index is 12.9. The highest BCUT2D eigenvalue weighted by molar-refractivity contribution is 14.1. The third-order valence-electron chi connectivity index (χ3n) is 3.25. The number of anilines is 1. The lowest BCUT2D eigenvalue weighted by atomic mass is 10.1. The van der Waals surface area contributed by atoms with Crippen LogP contribution in [0.3, 0.4) is 0 Å². The van der Waals surface area contributed by atoms with Crippen molar-refractivity contribution in [3.63, 3.8) is 0 Å². The highest BCUT2D eigenvalue weighted by Gasteiger charge is 2.17. The minimum atomic E-state index is -4.50. The number of nitrogens with one attached hydrogen (secondary N) is 1. The van der Waals surface area contributed by atoms with E-state index in [1.165, 1.54) is 0 Å². The predicted octanol–water partition coefficient (Wildman–Crippen LogP) is 1.81. The molecular weight excluding hydrogens is 382 g/mol. The summed E-state index contributed by atoms with van der Waals surface area (Å²) >= 11 is 2.16. The Bertz CT molecular complexity index is 571. The smallest absolute Gasteiger partial charge is 0.306 e. The molecule has 0 bridgehead atoms. The second kappa shape index (κ2) is 5.92. The molecule has 19 heavy (non-hydrogen) atoms. The minimum absolute atomic E-state index is 0.544. The normalized spacial score (nSPS) is 16.7. The van der Waals surface area contributed by atoms with Gasteiger partial charge in [0.2, 0.25) is 0 Å². The van der Waals surface area contributed by atoms with E-state index < -0.39 is 16.0 Å². The van der Waals surface area contributed by atoms with E-state index in [1.54, 1.807) is 6.07 Å². The van der Waals surface area contributed by atoms with E-state index in [9.17, 15) is 12.3 Å². The quantitative estimate of drug-likeness (QED) is 0.624. The summed E-state index contributed by atoms with van der Waals surface area (Å²) in [6.45, 7) is 5.38. The van der Waals surface area contributed by atoms with Gasteiger partial charge in [-0.1, -0.05) is 0 Å². The molecule has 1 aromatic rings. The number of nitrogens with zero attached hydrogens (tertiary/aromatic N) is 1. The average molecular weight is 398 g/mol. The van der Waals surface area contributed by atoms with Gasteiger partial charge in [0.15, 0.2) is 0 Å². The van der Waals surface area contributed by atoms with Crippen LogP contribution in [0.1, 0.15) is 11.1 Å². The van der Waals surface area contributed by atoms with E-state index in [-0.39, 0.29) is 0 Å². The number of halogens is 2. The molecule has 1 heterocycles. The van der Waals surface area contributed by atoms with Crippen LogP contribution in [-0.2, 0) is 16.0 Å². The van der Waals surface area contributed by atoms with Crippen molar-refractivity contribution in [3.8, 4) is 0 Å². The van der Waals surface area contributed by atoms with E-state index in [0.29, 0.717) is 5.56 Å². The number of piperazine rings is 1. The molecule has 0 saturated carbocycles. The number of hydrogen-bond donors (Lipinski definition) is 1. The summed E-state index contributed by atoms with van der Waals surface area (Å²) in [7, 11) is -4.50. The van der Waals surface area contributed by atoms with E-state index in [1.807, 2.05) is 13.0 Å². The second-order valence-corrected chi connectivity index (χ2v) is 7.16. The Morgan fingerprint density at radius 1 is 1.37 bits per heavy atom. The summed E-state index contributed by atoms with van der Waals surface area (Å²) in [4.78, 5) is 2.19. The molecule has 1 aliphatic heterocycles. The maximum absolute atomic E-state index is 12.9. The average Bonchev–Trinajstić information content (AvgIpc) is 2.34. The molecule has 1 fully saturated rings. The molecule has 4 nitrogen and oxygen atoms in total. The zero-order chi connectivity index (χ0) is 14.0. The Labute approximate surface area is 126 Å². The van der Waals surface area contributed by atoms with Crippen LogP contribution < -0.4 is 10.2 Å². The fourth-order valence-corrected chi connectivity index (χ4v) is 3.50. The van der Waals surface area contributed by atoms with Gasteiger partial charge in [-0.2, -0.15) is 8.42 Å². The van der Waals surface area contributed by atoms with Crippen LogP contribution in [0, 0.1) is 10.5 Å². The second-order valence-electron chi connectivity index (χ2n) is 4.63. The molecule has 2 rings (SSSR count). The Hall–Kier alpha value is -0.410. The summed E-state index contributed by atoms with van der Waals surface area (Å²) < 4.78 is 35.6. The molecule has 0 atom stereocenters. The molecule has 1 N–H and O–H groups in total. The summed E-state index contributed by atoms with van der Waals surface area (Å²) in [5, 5.41) is 3.26. The standard InChI is InChI=1S/C12H16FIN2O2S/c1-9-10(8-19(13,17)18)6-11(7-12(9)14)16-4-2-15-3-5-16/h6-7,15H,2-5,8H2,1H3. The zero-order valence-corrected chi connectivity index (χ0v) is 13.6. The lowest BCUT2D eigenvalue weighted by molar-refractivity contribution is 0.551. The van der Waals surface area contributed by atoms with Crippen LogP contribution in [0.4, 0.5) is 9.57 Å². The lowest BCUT2D eigenvalue weighted by Gasteiger charge is -2.30. The molecule has 0 aromatic heterocycles. The van der Waals surface area contributed by atoms with Crippen molar-refractivity contribution in [2.45, 2.75) is 12.7 Å². The molecule has 7 heteroatoms. The van der Waals surface area contributed by atoms with Gasteiger partial charge in [-0.25, -0.2) is 0 Å². The summed E-state index contributed by atoms with van der Waals surface area (Å²) in [5.41, 5.74) is 2.35. The largest absolute Gasteiger partial charge is 0.369 e. The van der Waals surface area contributed by atoms with Gasteiger partial charge in [0.05, 0.1) is 0 Å². The van der Waals surface area contributed by atoms with Gasteiger partial charge >= 0.3 is 10.2 Å². The number of hydrogen-bond acceptors (Lipinski definition) is 4. The van der Waals surface area contributed by atoms with Crippen molar-refractivity contribution in [2.75, 3.05) is 31.1 Å². The summed E-state index contributed by atoms with van der Waals surface area (Å²) in [6, 6.07) is 3.81. The SMILES string of the molecule is Cc1c(I)cc(N2CCNCC2)cc1CS(=O)(=O)F. The van der Waals surface area contributed by atoms with Gasteiger partial charge in [-0.15, -0.1) is 3.89 Å². The van der Waals surface area contributed by atoms with Crippen molar-refractivity contribution < 1.29 is 12.3 Å². The van der Waals surface area contributed by atoms with Gasteiger partial charge < -0.3 is 10.2 Å². The Morgan fingerprint density at radius 3 is 2.58 bits per heavy atom. The summed E-state index contributed by atoms with van der Waals surface area (Å²) in [5.74, 6) is -0.547. The molecule has 0 spiro atoms. The Kier molecular flexibility index (Phi) is 4.67. The van der Waals surface area contributed by atoms with Crippen molar-refractivity contribution in [1.82, 2.24) is 5.32 Å². The number of benzene rings is 1. The maximum Gasteiger partial charge on any atom is 0.306 e. The fraction of sp³-hybridized carbons (Fsp3) is 0.500. The monoisotopic (exact) mass is 398 g/mol. The molecular formula is C12H16FIN2O2S. The van der Waals surface area contributed by atoms with Gasteiger partial charge in [0, 0.05) is 35.4 Å². The van der Waals surface area contributed by atoms with Crippen molar-refractivity contribution in [3.05, 3.63) is 26.8 Å². The topological polar surface area (TPSA) is 49.4 Å². The van der Waals surface area contributed by atoms with Gasteiger partial charge in [0.1, 0.15) is 5.75 Å². The molecule has 1 aromatic carbocycles. The Morgan fingerprint density at radius 2 is 2.00 bits per heavy atom. The fourth-order valence-electron chi connectivity index (χ4n) is 2.16.